The summed E-state index contributed by atoms with van der Waals surface area (Å²) in [4.78, 5) is 11.8. The van der Waals surface area contributed by atoms with Crippen molar-refractivity contribution in [3.05, 3.63) is 35.1 Å². The summed E-state index contributed by atoms with van der Waals surface area (Å²) in [6, 6.07) is 7.83. The quantitative estimate of drug-likeness (QED) is 0.839. The molecule has 0 atom stereocenters. The van der Waals surface area contributed by atoms with Crippen LogP contribution in [0.3, 0.4) is 0 Å². The normalized spacial score (nSPS) is 10.3. The minimum atomic E-state index is 0.0446. The molecule has 2 rings (SSSR count). The van der Waals surface area contributed by atoms with Crippen molar-refractivity contribution in [3.8, 4) is 17.8 Å². The van der Waals surface area contributed by atoms with Gasteiger partial charge in [-0.2, -0.15) is 9.97 Å². The molecule has 100 valence electrons. The highest BCUT2D eigenvalue weighted by Gasteiger charge is 2.08. The number of benzene rings is 1. The number of halogens is 1. The van der Waals surface area contributed by atoms with Gasteiger partial charge in [0.1, 0.15) is 5.75 Å². The first-order chi connectivity index (χ1) is 9.17. The van der Waals surface area contributed by atoms with Gasteiger partial charge in [-0.05, 0) is 37.1 Å². The molecule has 5 nitrogen and oxygen atoms in total. The molecule has 0 amide bonds. The zero-order valence-electron chi connectivity index (χ0n) is 10.8. The number of hydrogen-bond donors (Lipinski definition) is 0. The number of nitrogens with zero attached hydrogens (tertiary/aromatic N) is 3. The smallest absolute Gasteiger partial charge is 0.329 e. The Morgan fingerprint density at radius 3 is 2.42 bits per heavy atom. The average molecular weight is 280 g/mol. The average Bonchev–Trinajstić information content (AvgIpc) is 2.38. The van der Waals surface area contributed by atoms with Crippen LogP contribution < -0.4 is 9.47 Å². The maximum absolute atomic E-state index is 5.80. The molecule has 0 radical (unpaired) electrons. The molecule has 1 heterocycles. The van der Waals surface area contributed by atoms with E-state index >= 15 is 0 Å². The number of ether oxygens (including phenoxy) is 2. The van der Waals surface area contributed by atoms with Gasteiger partial charge in [0, 0.05) is 0 Å². The summed E-state index contributed by atoms with van der Waals surface area (Å²) >= 11 is 5.80. The molecule has 0 fully saturated rings. The van der Waals surface area contributed by atoms with Crippen molar-refractivity contribution in [2.24, 2.45) is 0 Å². The van der Waals surface area contributed by atoms with Crippen molar-refractivity contribution in [1.82, 2.24) is 15.0 Å². The maximum Gasteiger partial charge on any atom is 0.329 e. The van der Waals surface area contributed by atoms with Crippen LogP contribution in [0.2, 0.25) is 5.28 Å². The van der Waals surface area contributed by atoms with Crippen LogP contribution in [0.4, 0.5) is 0 Å². The highest BCUT2D eigenvalue weighted by atomic mass is 35.5. The van der Waals surface area contributed by atoms with E-state index in [0.717, 1.165) is 12.0 Å². The van der Waals surface area contributed by atoms with E-state index in [-0.39, 0.29) is 17.3 Å². The summed E-state index contributed by atoms with van der Waals surface area (Å²) in [5, 5.41) is 0.0446. The first kappa shape index (κ1) is 13.5. The lowest BCUT2D eigenvalue weighted by atomic mass is 10.2. The van der Waals surface area contributed by atoms with Crippen LogP contribution in [-0.4, -0.2) is 21.6 Å². The van der Waals surface area contributed by atoms with Gasteiger partial charge in [-0.3, -0.25) is 0 Å². The predicted octanol–water partition coefficient (Wildman–Crippen LogP) is 3.41. The molecule has 0 aliphatic heterocycles. The third kappa shape index (κ3) is 4.06. The van der Waals surface area contributed by atoms with Gasteiger partial charge in [-0.25, -0.2) is 0 Å². The first-order valence-electron chi connectivity index (χ1n) is 5.96. The largest absolute Gasteiger partial charge is 0.463 e. The third-order valence-corrected chi connectivity index (χ3v) is 2.40. The zero-order chi connectivity index (χ0) is 13.7. The molecule has 0 aliphatic carbocycles. The molecule has 6 heteroatoms. The van der Waals surface area contributed by atoms with E-state index in [2.05, 4.69) is 15.0 Å². The zero-order valence-corrected chi connectivity index (χ0v) is 11.5. The Hall–Kier alpha value is -1.88. The molecule has 2 aromatic rings. The van der Waals surface area contributed by atoms with Gasteiger partial charge in [-0.1, -0.05) is 24.6 Å². The molecule has 1 aromatic heterocycles. The molecular formula is C13H14ClN3O2. The van der Waals surface area contributed by atoms with E-state index in [4.69, 9.17) is 21.1 Å². The Morgan fingerprint density at radius 2 is 1.74 bits per heavy atom. The minimum Gasteiger partial charge on any atom is -0.463 e. The van der Waals surface area contributed by atoms with Crippen molar-refractivity contribution in [2.75, 3.05) is 6.61 Å². The second-order valence-electron chi connectivity index (χ2n) is 3.93. The summed E-state index contributed by atoms with van der Waals surface area (Å²) in [5.74, 6) is 0.634. The minimum absolute atomic E-state index is 0.0446. The van der Waals surface area contributed by atoms with E-state index in [9.17, 15) is 0 Å². The second-order valence-corrected chi connectivity index (χ2v) is 4.27. The molecule has 0 unspecified atom stereocenters. The highest BCUT2D eigenvalue weighted by Crippen LogP contribution is 2.20. The number of aromatic nitrogens is 3. The lowest BCUT2D eigenvalue weighted by Crippen LogP contribution is -2.03. The fourth-order valence-corrected chi connectivity index (χ4v) is 1.47. The molecule has 19 heavy (non-hydrogen) atoms. The van der Waals surface area contributed by atoms with Crippen LogP contribution in [0, 0.1) is 6.92 Å². The van der Waals surface area contributed by atoms with E-state index < -0.39 is 0 Å². The van der Waals surface area contributed by atoms with Gasteiger partial charge in [0.15, 0.2) is 0 Å². The first-order valence-corrected chi connectivity index (χ1v) is 6.34. The summed E-state index contributed by atoms with van der Waals surface area (Å²) in [6.07, 6.45) is 0.859. The van der Waals surface area contributed by atoms with Gasteiger partial charge in [0.05, 0.1) is 6.61 Å². The lowest BCUT2D eigenvalue weighted by Gasteiger charge is -2.06. The third-order valence-electron chi connectivity index (χ3n) is 2.23. The fraction of sp³-hybridized carbons (Fsp3) is 0.308. The van der Waals surface area contributed by atoms with Gasteiger partial charge in [0.2, 0.25) is 5.28 Å². The van der Waals surface area contributed by atoms with Crippen LogP contribution in [-0.2, 0) is 0 Å². The number of aryl methyl sites for hydroxylation is 1. The Kier molecular flexibility index (Phi) is 4.52. The number of rotatable bonds is 5. The predicted molar refractivity (Wildman–Crippen MR) is 71.9 cm³/mol. The van der Waals surface area contributed by atoms with Gasteiger partial charge < -0.3 is 9.47 Å². The molecular weight excluding hydrogens is 266 g/mol. The summed E-state index contributed by atoms with van der Waals surface area (Å²) in [6.45, 7) is 4.51. The standard InChI is InChI=1S/C13H14ClN3O2/c1-3-8-18-12-15-11(14)16-13(17-12)19-10-6-4-9(2)5-7-10/h4-7H,3,8H2,1-2H3. The van der Waals surface area contributed by atoms with Crippen molar-refractivity contribution in [3.63, 3.8) is 0 Å². The summed E-state index contributed by atoms with van der Waals surface area (Å²) in [5.41, 5.74) is 1.15. The second kappa shape index (κ2) is 6.33. The van der Waals surface area contributed by atoms with E-state index in [1.165, 1.54) is 0 Å². The van der Waals surface area contributed by atoms with Gasteiger partial charge >= 0.3 is 12.0 Å². The van der Waals surface area contributed by atoms with E-state index in [1.807, 2.05) is 38.1 Å². The summed E-state index contributed by atoms with van der Waals surface area (Å²) in [7, 11) is 0. The summed E-state index contributed by atoms with van der Waals surface area (Å²) < 4.78 is 10.8. The van der Waals surface area contributed by atoms with Crippen LogP contribution in [0.15, 0.2) is 24.3 Å². The molecule has 1 aromatic carbocycles. The van der Waals surface area contributed by atoms with Gasteiger partial charge in [-0.15, -0.1) is 4.98 Å². The topological polar surface area (TPSA) is 57.1 Å². The van der Waals surface area contributed by atoms with Crippen molar-refractivity contribution >= 4 is 11.6 Å². The van der Waals surface area contributed by atoms with Gasteiger partial charge in [0.25, 0.3) is 0 Å². The highest BCUT2D eigenvalue weighted by molar-refractivity contribution is 6.28. The molecule has 0 bridgehead atoms. The maximum atomic E-state index is 5.80. The molecule has 0 saturated heterocycles. The van der Waals surface area contributed by atoms with E-state index in [0.29, 0.717) is 12.4 Å². The number of hydrogen-bond acceptors (Lipinski definition) is 5. The van der Waals surface area contributed by atoms with Crippen LogP contribution in [0.1, 0.15) is 18.9 Å². The monoisotopic (exact) mass is 279 g/mol. The Labute approximate surface area is 116 Å². The Balaban J connectivity index is 2.15. The Morgan fingerprint density at radius 1 is 1.05 bits per heavy atom. The lowest BCUT2D eigenvalue weighted by molar-refractivity contribution is 0.284. The molecule has 0 spiro atoms. The van der Waals surface area contributed by atoms with Crippen LogP contribution in [0.5, 0.6) is 17.8 Å². The van der Waals surface area contributed by atoms with Crippen molar-refractivity contribution < 1.29 is 9.47 Å². The molecule has 0 aliphatic rings. The fourth-order valence-electron chi connectivity index (χ4n) is 1.33. The van der Waals surface area contributed by atoms with Crippen LogP contribution in [0.25, 0.3) is 0 Å². The molecule has 0 N–H and O–H groups in total. The van der Waals surface area contributed by atoms with Crippen molar-refractivity contribution in [2.45, 2.75) is 20.3 Å². The Bertz CT molecular complexity index is 546. The van der Waals surface area contributed by atoms with E-state index in [1.54, 1.807) is 0 Å². The van der Waals surface area contributed by atoms with Crippen LogP contribution >= 0.6 is 11.6 Å². The molecule has 0 saturated carbocycles. The SMILES string of the molecule is CCCOc1nc(Cl)nc(Oc2ccc(C)cc2)n1. The van der Waals surface area contributed by atoms with Crippen molar-refractivity contribution in [1.29, 1.82) is 0 Å².